The van der Waals surface area contributed by atoms with Gasteiger partial charge in [0.15, 0.2) is 0 Å². The van der Waals surface area contributed by atoms with Crippen LogP contribution in [0.15, 0.2) is 60.7 Å². The molecule has 2 aromatic carbocycles. The Morgan fingerprint density at radius 2 is 1.48 bits per heavy atom. The second-order valence-electron chi connectivity index (χ2n) is 7.38. The number of rotatable bonds is 12. The predicted molar refractivity (Wildman–Crippen MR) is 119 cm³/mol. The summed E-state index contributed by atoms with van der Waals surface area (Å²) in [7, 11) is 0. The molecule has 0 aromatic heterocycles. The number of aryl methyl sites for hydroxylation is 1. The zero-order valence-electron chi connectivity index (χ0n) is 17.8. The lowest BCUT2D eigenvalue weighted by molar-refractivity contribution is -0.140. The standard InChI is InChI=1S/C25H34N2O2/c1-3-5-19-26-25(29)23(4-2)27(20-18-22-14-10-7-11-15-22)24(28)17-16-21-12-8-6-9-13-21/h6-15,23H,3-5,16-20H2,1-2H3,(H,26,29)/t23-/m0/s1. The molecular weight excluding hydrogens is 360 g/mol. The van der Waals surface area contributed by atoms with E-state index in [0.717, 1.165) is 24.8 Å². The number of nitrogens with zero attached hydrogens (tertiary/aromatic N) is 1. The summed E-state index contributed by atoms with van der Waals surface area (Å²) in [5.41, 5.74) is 2.32. The minimum atomic E-state index is -0.418. The zero-order chi connectivity index (χ0) is 20.9. The second-order valence-corrected chi connectivity index (χ2v) is 7.38. The molecule has 0 aliphatic heterocycles. The Kier molecular flexibility index (Phi) is 9.98. The van der Waals surface area contributed by atoms with Gasteiger partial charge in [0.25, 0.3) is 0 Å². The van der Waals surface area contributed by atoms with Crippen LogP contribution in [0.5, 0.6) is 0 Å². The van der Waals surface area contributed by atoms with Crippen molar-refractivity contribution < 1.29 is 9.59 Å². The van der Waals surface area contributed by atoms with Crippen molar-refractivity contribution in [1.82, 2.24) is 10.2 Å². The molecule has 29 heavy (non-hydrogen) atoms. The summed E-state index contributed by atoms with van der Waals surface area (Å²) in [5.74, 6) is 0.00403. The van der Waals surface area contributed by atoms with Gasteiger partial charge in [-0.2, -0.15) is 0 Å². The highest BCUT2D eigenvalue weighted by atomic mass is 16.2. The van der Waals surface area contributed by atoms with Crippen molar-refractivity contribution in [3.63, 3.8) is 0 Å². The Morgan fingerprint density at radius 1 is 0.897 bits per heavy atom. The highest BCUT2D eigenvalue weighted by Gasteiger charge is 2.27. The quantitative estimate of drug-likeness (QED) is 0.543. The Morgan fingerprint density at radius 3 is 2.03 bits per heavy atom. The number of hydrogen-bond donors (Lipinski definition) is 1. The van der Waals surface area contributed by atoms with Gasteiger partial charge in [0.2, 0.25) is 11.8 Å². The molecule has 0 saturated heterocycles. The Balaban J connectivity index is 2.07. The van der Waals surface area contributed by atoms with Gasteiger partial charge in [0.05, 0.1) is 0 Å². The maximum atomic E-state index is 13.1. The number of nitrogens with one attached hydrogen (secondary N) is 1. The Bertz CT molecular complexity index is 731. The molecule has 156 valence electrons. The number of amides is 2. The lowest BCUT2D eigenvalue weighted by atomic mass is 10.1. The zero-order valence-corrected chi connectivity index (χ0v) is 17.8. The maximum absolute atomic E-state index is 13.1. The van der Waals surface area contributed by atoms with Gasteiger partial charge < -0.3 is 10.2 Å². The first-order valence-electron chi connectivity index (χ1n) is 10.8. The molecular formula is C25H34N2O2. The van der Waals surface area contributed by atoms with Gasteiger partial charge in [-0.1, -0.05) is 80.9 Å². The molecule has 0 aliphatic rings. The number of unbranched alkanes of at least 4 members (excludes halogenated alkanes) is 1. The molecule has 1 atom stereocenters. The van der Waals surface area contributed by atoms with Crippen molar-refractivity contribution in [2.45, 2.75) is 58.4 Å². The van der Waals surface area contributed by atoms with Gasteiger partial charge in [-0.15, -0.1) is 0 Å². The van der Waals surface area contributed by atoms with Gasteiger partial charge in [0.1, 0.15) is 6.04 Å². The molecule has 4 nitrogen and oxygen atoms in total. The summed E-state index contributed by atoms with van der Waals surface area (Å²) in [6.07, 6.45) is 4.45. The SMILES string of the molecule is CCCCNC(=O)[C@H](CC)N(CCc1ccccc1)C(=O)CCc1ccccc1. The summed E-state index contributed by atoms with van der Waals surface area (Å²) >= 11 is 0. The van der Waals surface area contributed by atoms with E-state index in [9.17, 15) is 9.59 Å². The fraction of sp³-hybridized carbons (Fsp3) is 0.440. The molecule has 4 heteroatoms. The van der Waals surface area contributed by atoms with E-state index < -0.39 is 6.04 Å². The van der Waals surface area contributed by atoms with Crippen LogP contribution in [0.25, 0.3) is 0 Å². The molecule has 0 radical (unpaired) electrons. The van der Waals surface area contributed by atoms with E-state index in [4.69, 9.17) is 0 Å². The molecule has 2 aromatic rings. The lowest BCUT2D eigenvalue weighted by Gasteiger charge is -2.30. The topological polar surface area (TPSA) is 49.4 Å². The lowest BCUT2D eigenvalue weighted by Crippen LogP contribution is -2.50. The third-order valence-electron chi connectivity index (χ3n) is 5.17. The molecule has 0 fully saturated rings. The predicted octanol–water partition coefficient (Wildman–Crippen LogP) is 4.39. The molecule has 0 aliphatic carbocycles. The van der Waals surface area contributed by atoms with Crippen molar-refractivity contribution in [1.29, 1.82) is 0 Å². The maximum Gasteiger partial charge on any atom is 0.242 e. The van der Waals surface area contributed by atoms with E-state index in [2.05, 4.69) is 24.4 Å². The summed E-state index contributed by atoms with van der Waals surface area (Å²) in [6.45, 7) is 5.29. The molecule has 1 N–H and O–H groups in total. The summed E-state index contributed by atoms with van der Waals surface area (Å²) in [4.78, 5) is 27.7. The van der Waals surface area contributed by atoms with Gasteiger partial charge in [-0.05, 0) is 36.8 Å². The van der Waals surface area contributed by atoms with E-state index in [0.29, 0.717) is 32.4 Å². The van der Waals surface area contributed by atoms with Crippen LogP contribution in [0.1, 0.15) is 50.7 Å². The van der Waals surface area contributed by atoms with Crippen LogP contribution >= 0.6 is 0 Å². The van der Waals surface area contributed by atoms with E-state index in [1.807, 2.05) is 55.5 Å². The number of carbonyl (C=O) groups is 2. The molecule has 0 unspecified atom stereocenters. The number of hydrogen-bond acceptors (Lipinski definition) is 2. The van der Waals surface area contributed by atoms with Crippen LogP contribution in [0, 0.1) is 0 Å². The van der Waals surface area contributed by atoms with Crippen LogP contribution in [0.3, 0.4) is 0 Å². The summed E-state index contributed by atoms with van der Waals surface area (Å²) in [5, 5.41) is 3.01. The van der Waals surface area contributed by atoms with Crippen LogP contribution in [0.2, 0.25) is 0 Å². The molecule has 0 heterocycles. The largest absolute Gasteiger partial charge is 0.354 e. The van der Waals surface area contributed by atoms with Gasteiger partial charge >= 0.3 is 0 Å². The van der Waals surface area contributed by atoms with Crippen molar-refractivity contribution in [2.75, 3.05) is 13.1 Å². The molecule has 0 spiro atoms. The third-order valence-corrected chi connectivity index (χ3v) is 5.17. The highest BCUT2D eigenvalue weighted by Crippen LogP contribution is 2.13. The normalized spacial score (nSPS) is 11.7. The van der Waals surface area contributed by atoms with Crippen molar-refractivity contribution in [3.8, 4) is 0 Å². The Hall–Kier alpha value is -2.62. The fourth-order valence-electron chi connectivity index (χ4n) is 3.44. The average Bonchev–Trinajstić information content (AvgIpc) is 2.76. The van der Waals surface area contributed by atoms with Gasteiger partial charge in [0, 0.05) is 19.5 Å². The monoisotopic (exact) mass is 394 g/mol. The second kappa shape index (κ2) is 12.8. The average molecular weight is 395 g/mol. The van der Waals surface area contributed by atoms with Crippen molar-refractivity contribution in [2.24, 2.45) is 0 Å². The van der Waals surface area contributed by atoms with E-state index in [-0.39, 0.29) is 11.8 Å². The first kappa shape index (κ1) is 22.7. The molecule has 0 saturated carbocycles. The first-order chi connectivity index (χ1) is 14.2. The minimum absolute atomic E-state index is 0.0397. The smallest absolute Gasteiger partial charge is 0.242 e. The van der Waals surface area contributed by atoms with Crippen LogP contribution in [-0.4, -0.2) is 35.8 Å². The minimum Gasteiger partial charge on any atom is -0.354 e. The van der Waals surface area contributed by atoms with Gasteiger partial charge in [-0.25, -0.2) is 0 Å². The van der Waals surface area contributed by atoms with E-state index in [1.54, 1.807) is 4.90 Å². The van der Waals surface area contributed by atoms with Gasteiger partial charge in [-0.3, -0.25) is 9.59 Å². The first-order valence-corrected chi connectivity index (χ1v) is 10.8. The van der Waals surface area contributed by atoms with Crippen LogP contribution < -0.4 is 5.32 Å². The van der Waals surface area contributed by atoms with Crippen LogP contribution in [-0.2, 0) is 22.4 Å². The Labute approximate surface area is 175 Å². The third kappa shape index (κ3) is 7.72. The molecule has 2 amide bonds. The van der Waals surface area contributed by atoms with Crippen molar-refractivity contribution >= 4 is 11.8 Å². The van der Waals surface area contributed by atoms with E-state index >= 15 is 0 Å². The number of benzene rings is 2. The van der Waals surface area contributed by atoms with Crippen molar-refractivity contribution in [3.05, 3.63) is 71.8 Å². The molecule has 0 bridgehead atoms. The number of carbonyl (C=O) groups excluding carboxylic acids is 2. The molecule has 2 rings (SSSR count). The summed E-state index contributed by atoms with van der Waals surface area (Å²) < 4.78 is 0. The van der Waals surface area contributed by atoms with Crippen LogP contribution in [0.4, 0.5) is 0 Å². The highest BCUT2D eigenvalue weighted by molar-refractivity contribution is 5.87. The van der Waals surface area contributed by atoms with E-state index in [1.165, 1.54) is 5.56 Å². The fourth-order valence-corrected chi connectivity index (χ4v) is 3.44. The summed E-state index contributed by atoms with van der Waals surface area (Å²) in [6, 6.07) is 19.7.